The number of hydrogen-bond acceptors (Lipinski definition) is 3. The lowest BCUT2D eigenvalue weighted by Gasteiger charge is -2.57. The molecule has 0 amide bonds. The summed E-state index contributed by atoms with van der Waals surface area (Å²) in [6, 6.07) is 0.875. The minimum Gasteiger partial charge on any atom is -0.317 e. The second-order valence-electron chi connectivity index (χ2n) is 9.07. The normalized spacial score (nSPS) is 35.7. The number of rotatable bonds is 4. The highest BCUT2D eigenvalue weighted by Crippen LogP contribution is 2.44. The molecule has 1 aliphatic carbocycles. The third-order valence-corrected chi connectivity index (χ3v) is 7.28. The smallest absolute Gasteiger partial charge is 0.0107 e. The predicted molar refractivity (Wildman–Crippen MR) is 96.6 cm³/mol. The van der Waals surface area contributed by atoms with E-state index in [0.717, 1.165) is 17.9 Å². The molecule has 3 aliphatic heterocycles. The lowest BCUT2D eigenvalue weighted by molar-refractivity contribution is -0.0700. The summed E-state index contributed by atoms with van der Waals surface area (Å²) in [5.74, 6) is 1.78. The van der Waals surface area contributed by atoms with Crippen LogP contribution in [-0.2, 0) is 0 Å². The molecular weight excluding hydrogens is 282 g/mol. The summed E-state index contributed by atoms with van der Waals surface area (Å²) in [5, 5.41) is 3.49. The fraction of sp³-hybridized carbons (Fsp3) is 0.900. The Kier molecular flexibility index (Phi) is 4.55. The molecule has 23 heavy (non-hydrogen) atoms. The molecule has 0 bridgehead atoms. The maximum absolute atomic E-state index is 4.13. The van der Waals surface area contributed by atoms with Crippen LogP contribution >= 0.6 is 0 Å². The summed E-state index contributed by atoms with van der Waals surface area (Å²) in [4.78, 5) is 5.55. The first-order chi connectivity index (χ1) is 11.1. The van der Waals surface area contributed by atoms with Crippen molar-refractivity contribution in [3.05, 3.63) is 12.2 Å². The Hall–Kier alpha value is -0.380. The van der Waals surface area contributed by atoms with Gasteiger partial charge in [0.2, 0.25) is 0 Å². The van der Waals surface area contributed by atoms with E-state index in [4.69, 9.17) is 0 Å². The monoisotopic (exact) mass is 317 g/mol. The quantitative estimate of drug-likeness (QED) is 0.804. The van der Waals surface area contributed by atoms with Crippen molar-refractivity contribution < 1.29 is 0 Å². The SMILES string of the molecule is C=C(C)C1CC(N2CCC3(CC2)CN(CC2CCNCC2)C3)C1. The molecular formula is C20H35N3. The highest BCUT2D eigenvalue weighted by molar-refractivity contribution is 5.07. The van der Waals surface area contributed by atoms with E-state index in [2.05, 4.69) is 28.6 Å². The van der Waals surface area contributed by atoms with Gasteiger partial charge in [0.1, 0.15) is 0 Å². The van der Waals surface area contributed by atoms with E-state index in [1.54, 1.807) is 0 Å². The maximum atomic E-state index is 4.13. The Bertz CT molecular complexity index is 418. The van der Waals surface area contributed by atoms with E-state index >= 15 is 0 Å². The fourth-order valence-electron chi connectivity index (χ4n) is 5.43. The van der Waals surface area contributed by atoms with Crippen molar-refractivity contribution in [2.24, 2.45) is 17.3 Å². The summed E-state index contributed by atoms with van der Waals surface area (Å²) < 4.78 is 0. The summed E-state index contributed by atoms with van der Waals surface area (Å²) in [6.45, 7) is 15.7. The van der Waals surface area contributed by atoms with E-state index in [0.29, 0.717) is 5.41 Å². The Morgan fingerprint density at radius 1 is 1.13 bits per heavy atom. The molecule has 0 aromatic heterocycles. The van der Waals surface area contributed by atoms with Crippen molar-refractivity contribution in [2.75, 3.05) is 45.8 Å². The van der Waals surface area contributed by atoms with Gasteiger partial charge < -0.3 is 15.1 Å². The third kappa shape index (κ3) is 3.38. The molecule has 0 radical (unpaired) electrons. The maximum Gasteiger partial charge on any atom is 0.0107 e. The van der Waals surface area contributed by atoms with E-state index in [9.17, 15) is 0 Å². The van der Waals surface area contributed by atoms with Crippen LogP contribution in [0.1, 0.15) is 45.4 Å². The van der Waals surface area contributed by atoms with Crippen molar-refractivity contribution in [2.45, 2.75) is 51.5 Å². The molecule has 0 aromatic rings. The van der Waals surface area contributed by atoms with E-state index in [1.165, 1.54) is 89.9 Å². The number of allylic oxidation sites excluding steroid dienone is 1. The molecule has 4 rings (SSSR count). The molecule has 0 aromatic carbocycles. The molecule has 1 spiro atoms. The molecule has 3 saturated heterocycles. The third-order valence-electron chi connectivity index (χ3n) is 7.28. The topological polar surface area (TPSA) is 18.5 Å². The van der Waals surface area contributed by atoms with E-state index in [1.807, 2.05) is 0 Å². The number of likely N-dealkylation sites (tertiary alicyclic amines) is 2. The van der Waals surface area contributed by atoms with Crippen molar-refractivity contribution in [3.8, 4) is 0 Å². The van der Waals surface area contributed by atoms with Gasteiger partial charge in [0.15, 0.2) is 0 Å². The van der Waals surface area contributed by atoms with Gasteiger partial charge in [-0.2, -0.15) is 0 Å². The number of hydrogen-bond donors (Lipinski definition) is 1. The second kappa shape index (κ2) is 6.50. The van der Waals surface area contributed by atoms with Gasteiger partial charge in [0.05, 0.1) is 0 Å². The summed E-state index contributed by atoms with van der Waals surface area (Å²) in [6.07, 6.45) is 8.44. The molecule has 4 fully saturated rings. The van der Waals surface area contributed by atoms with E-state index in [-0.39, 0.29) is 0 Å². The highest BCUT2D eigenvalue weighted by atomic mass is 15.2. The molecule has 4 aliphatic rings. The summed E-state index contributed by atoms with van der Waals surface area (Å²) >= 11 is 0. The molecule has 3 heteroatoms. The first-order valence-electron chi connectivity index (χ1n) is 9.96. The molecule has 0 atom stereocenters. The minimum absolute atomic E-state index is 0.695. The van der Waals surface area contributed by atoms with Crippen molar-refractivity contribution in [3.63, 3.8) is 0 Å². The first-order valence-corrected chi connectivity index (χ1v) is 9.96. The van der Waals surface area contributed by atoms with Crippen LogP contribution < -0.4 is 5.32 Å². The van der Waals surface area contributed by atoms with Crippen LogP contribution in [0, 0.1) is 17.3 Å². The standard InChI is InChI=1S/C20H35N3/c1-16(2)18-11-19(12-18)23-9-5-20(6-10-23)14-22(15-20)13-17-3-7-21-8-4-17/h17-19,21H,1,3-15H2,2H3. The van der Waals surface area contributed by atoms with Gasteiger partial charge in [0, 0.05) is 25.7 Å². The Labute approximate surface area is 142 Å². The summed E-state index contributed by atoms with van der Waals surface area (Å²) in [7, 11) is 0. The highest BCUT2D eigenvalue weighted by Gasteiger charge is 2.46. The largest absolute Gasteiger partial charge is 0.317 e. The van der Waals surface area contributed by atoms with Crippen molar-refractivity contribution in [1.82, 2.24) is 15.1 Å². The van der Waals surface area contributed by atoms with Gasteiger partial charge in [-0.05, 0) is 88.9 Å². The van der Waals surface area contributed by atoms with Crippen LogP contribution in [0.2, 0.25) is 0 Å². The van der Waals surface area contributed by atoms with Crippen LogP contribution in [0.3, 0.4) is 0 Å². The van der Waals surface area contributed by atoms with Gasteiger partial charge in [-0.1, -0.05) is 12.2 Å². The van der Waals surface area contributed by atoms with Gasteiger partial charge >= 0.3 is 0 Å². The van der Waals surface area contributed by atoms with Crippen molar-refractivity contribution >= 4 is 0 Å². The lowest BCUT2D eigenvalue weighted by atomic mass is 9.69. The Morgan fingerprint density at radius 2 is 1.78 bits per heavy atom. The fourth-order valence-corrected chi connectivity index (χ4v) is 5.43. The van der Waals surface area contributed by atoms with Gasteiger partial charge in [0.25, 0.3) is 0 Å². The van der Waals surface area contributed by atoms with Crippen LogP contribution in [0.5, 0.6) is 0 Å². The van der Waals surface area contributed by atoms with Crippen LogP contribution in [-0.4, -0.2) is 61.7 Å². The predicted octanol–water partition coefficient (Wildman–Crippen LogP) is 2.74. The van der Waals surface area contributed by atoms with Crippen LogP contribution in [0.25, 0.3) is 0 Å². The number of nitrogens with zero attached hydrogens (tertiary/aromatic N) is 2. The molecule has 0 unspecified atom stereocenters. The average Bonchev–Trinajstić information content (AvgIpc) is 2.46. The zero-order chi connectivity index (χ0) is 15.9. The number of piperidine rings is 2. The summed E-state index contributed by atoms with van der Waals surface area (Å²) in [5.41, 5.74) is 2.10. The Morgan fingerprint density at radius 3 is 2.39 bits per heavy atom. The average molecular weight is 318 g/mol. The van der Waals surface area contributed by atoms with Crippen LogP contribution in [0.4, 0.5) is 0 Å². The molecule has 1 N–H and O–H groups in total. The Balaban J connectivity index is 1.17. The zero-order valence-electron chi connectivity index (χ0n) is 15.0. The van der Waals surface area contributed by atoms with Crippen LogP contribution in [0.15, 0.2) is 12.2 Å². The van der Waals surface area contributed by atoms with Gasteiger partial charge in [-0.15, -0.1) is 0 Å². The van der Waals surface area contributed by atoms with E-state index < -0.39 is 0 Å². The second-order valence-corrected chi connectivity index (χ2v) is 9.07. The molecule has 3 heterocycles. The van der Waals surface area contributed by atoms with Crippen molar-refractivity contribution in [1.29, 1.82) is 0 Å². The molecule has 1 saturated carbocycles. The number of nitrogens with one attached hydrogen (secondary N) is 1. The molecule has 130 valence electrons. The van der Waals surface area contributed by atoms with Gasteiger partial charge in [-0.25, -0.2) is 0 Å². The lowest BCUT2D eigenvalue weighted by Crippen LogP contribution is -2.62. The minimum atomic E-state index is 0.695. The zero-order valence-corrected chi connectivity index (χ0v) is 15.0. The first kappa shape index (κ1) is 16.1. The van der Waals surface area contributed by atoms with Gasteiger partial charge in [-0.3, -0.25) is 0 Å². The molecule has 3 nitrogen and oxygen atoms in total.